The summed E-state index contributed by atoms with van der Waals surface area (Å²) in [6.45, 7) is 6.36. The summed E-state index contributed by atoms with van der Waals surface area (Å²) in [5, 5.41) is 13.0. The Morgan fingerprint density at radius 3 is 2.55 bits per heavy atom. The van der Waals surface area contributed by atoms with Gasteiger partial charge in [0.1, 0.15) is 11.6 Å². The molecule has 0 radical (unpaired) electrons. The SMILES string of the molecule is Cc1ccc(Cl)cc1-n1c(C)cc(/C=C(/C#N)C(=O)NCc2ccccc2)c1C. The Morgan fingerprint density at radius 2 is 1.86 bits per heavy atom. The summed E-state index contributed by atoms with van der Waals surface area (Å²) in [6, 6.07) is 19.3. The molecule has 1 aromatic heterocycles. The summed E-state index contributed by atoms with van der Waals surface area (Å²) < 4.78 is 2.09. The third kappa shape index (κ3) is 4.59. The highest BCUT2D eigenvalue weighted by Gasteiger charge is 2.15. The molecule has 0 spiro atoms. The fraction of sp³-hybridized carbons (Fsp3) is 0.167. The first kappa shape index (κ1) is 20.4. The topological polar surface area (TPSA) is 57.8 Å². The zero-order valence-corrected chi connectivity index (χ0v) is 17.4. The van der Waals surface area contributed by atoms with Crippen molar-refractivity contribution in [1.29, 1.82) is 5.26 Å². The van der Waals surface area contributed by atoms with Gasteiger partial charge in [-0.3, -0.25) is 4.79 Å². The monoisotopic (exact) mass is 403 g/mol. The van der Waals surface area contributed by atoms with Gasteiger partial charge >= 0.3 is 0 Å². The van der Waals surface area contributed by atoms with Crippen molar-refractivity contribution >= 4 is 23.6 Å². The lowest BCUT2D eigenvalue weighted by atomic mass is 10.1. The van der Waals surface area contributed by atoms with Crippen LogP contribution in [0.25, 0.3) is 11.8 Å². The molecule has 0 aliphatic heterocycles. The molecule has 1 amide bonds. The minimum absolute atomic E-state index is 0.0731. The smallest absolute Gasteiger partial charge is 0.262 e. The second kappa shape index (κ2) is 8.81. The van der Waals surface area contributed by atoms with Crippen LogP contribution in [0.3, 0.4) is 0 Å². The van der Waals surface area contributed by atoms with E-state index in [0.717, 1.165) is 33.8 Å². The van der Waals surface area contributed by atoms with Crippen LogP contribution in [0.2, 0.25) is 5.02 Å². The van der Waals surface area contributed by atoms with Gasteiger partial charge < -0.3 is 9.88 Å². The van der Waals surface area contributed by atoms with Gasteiger partial charge in [-0.15, -0.1) is 0 Å². The quantitative estimate of drug-likeness (QED) is 0.465. The van der Waals surface area contributed by atoms with Gasteiger partial charge in [-0.2, -0.15) is 5.26 Å². The highest BCUT2D eigenvalue weighted by Crippen LogP contribution is 2.27. The van der Waals surface area contributed by atoms with E-state index in [4.69, 9.17) is 11.6 Å². The van der Waals surface area contributed by atoms with Crippen LogP contribution in [-0.4, -0.2) is 10.5 Å². The fourth-order valence-electron chi connectivity index (χ4n) is 3.31. The van der Waals surface area contributed by atoms with Crippen LogP contribution in [0.15, 0.2) is 60.2 Å². The first-order chi connectivity index (χ1) is 13.9. The van der Waals surface area contributed by atoms with E-state index in [1.165, 1.54) is 0 Å². The number of hydrogen-bond acceptors (Lipinski definition) is 2. The van der Waals surface area contributed by atoms with E-state index in [1.54, 1.807) is 6.08 Å². The van der Waals surface area contributed by atoms with Gasteiger partial charge in [-0.05, 0) is 61.7 Å². The molecule has 0 saturated heterocycles. The number of carbonyl (C=O) groups excluding carboxylic acids is 1. The van der Waals surface area contributed by atoms with Crippen molar-refractivity contribution in [2.75, 3.05) is 0 Å². The van der Waals surface area contributed by atoms with Gasteiger partial charge in [0.05, 0.1) is 0 Å². The number of halogens is 1. The van der Waals surface area contributed by atoms with E-state index in [0.29, 0.717) is 11.6 Å². The Balaban J connectivity index is 1.89. The van der Waals surface area contributed by atoms with Crippen LogP contribution in [0.1, 0.15) is 28.1 Å². The average Bonchev–Trinajstić information content (AvgIpc) is 3.00. The van der Waals surface area contributed by atoms with E-state index >= 15 is 0 Å². The lowest BCUT2D eigenvalue weighted by Crippen LogP contribution is -2.23. The van der Waals surface area contributed by atoms with Crippen LogP contribution in [0.5, 0.6) is 0 Å². The fourth-order valence-corrected chi connectivity index (χ4v) is 3.47. The Morgan fingerprint density at radius 1 is 1.14 bits per heavy atom. The first-order valence-corrected chi connectivity index (χ1v) is 9.68. The third-order valence-electron chi connectivity index (χ3n) is 4.84. The van der Waals surface area contributed by atoms with Crippen LogP contribution in [0, 0.1) is 32.1 Å². The summed E-state index contributed by atoms with van der Waals surface area (Å²) in [5.74, 6) is -0.389. The van der Waals surface area contributed by atoms with Gasteiger partial charge in [0.15, 0.2) is 0 Å². The van der Waals surface area contributed by atoms with Crippen molar-refractivity contribution in [3.05, 3.63) is 93.3 Å². The molecule has 5 heteroatoms. The molecule has 29 heavy (non-hydrogen) atoms. The Bertz CT molecular complexity index is 1120. The summed E-state index contributed by atoms with van der Waals surface area (Å²) in [7, 11) is 0. The second-order valence-electron chi connectivity index (χ2n) is 6.93. The molecule has 0 aliphatic rings. The number of benzene rings is 2. The second-order valence-corrected chi connectivity index (χ2v) is 7.37. The van der Waals surface area contributed by atoms with Crippen molar-refractivity contribution in [3.8, 4) is 11.8 Å². The predicted molar refractivity (Wildman–Crippen MR) is 117 cm³/mol. The maximum Gasteiger partial charge on any atom is 0.262 e. The molecular weight excluding hydrogens is 382 g/mol. The van der Waals surface area contributed by atoms with Gasteiger partial charge in [0, 0.05) is 28.6 Å². The number of aryl methyl sites for hydroxylation is 2. The molecule has 1 heterocycles. The van der Waals surface area contributed by atoms with E-state index in [1.807, 2.05) is 81.4 Å². The lowest BCUT2D eigenvalue weighted by molar-refractivity contribution is -0.117. The molecule has 0 aliphatic carbocycles. The normalized spacial score (nSPS) is 11.2. The zero-order valence-electron chi connectivity index (χ0n) is 16.7. The number of aromatic nitrogens is 1. The molecule has 0 fully saturated rings. The number of nitrogens with one attached hydrogen (secondary N) is 1. The predicted octanol–water partition coefficient (Wildman–Crippen LogP) is 5.28. The van der Waals surface area contributed by atoms with Crippen molar-refractivity contribution in [2.45, 2.75) is 27.3 Å². The van der Waals surface area contributed by atoms with Gasteiger partial charge in [-0.25, -0.2) is 0 Å². The van der Waals surface area contributed by atoms with Gasteiger partial charge in [-0.1, -0.05) is 48.0 Å². The molecule has 1 N–H and O–H groups in total. The molecular formula is C24H22ClN3O. The van der Waals surface area contributed by atoms with Gasteiger partial charge in [0.25, 0.3) is 5.91 Å². The Hall–Kier alpha value is -3.29. The van der Waals surface area contributed by atoms with E-state index in [9.17, 15) is 10.1 Å². The summed E-state index contributed by atoms with van der Waals surface area (Å²) in [6.07, 6.45) is 1.64. The molecule has 0 bridgehead atoms. The summed E-state index contributed by atoms with van der Waals surface area (Å²) in [5.41, 5.74) is 5.90. The minimum Gasteiger partial charge on any atom is -0.347 e. The zero-order chi connectivity index (χ0) is 21.0. The van der Waals surface area contributed by atoms with Crippen LogP contribution >= 0.6 is 11.6 Å². The molecule has 3 rings (SSSR count). The maximum absolute atomic E-state index is 12.5. The van der Waals surface area contributed by atoms with Crippen LogP contribution < -0.4 is 5.32 Å². The van der Waals surface area contributed by atoms with Crippen molar-refractivity contribution in [1.82, 2.24) is 9.88 Å². The Labute approximate surface area is 176 Å². The standard InChI is InChI=1S/C24H22ClN3O/c1-16-9-10-22(25)13-23(16)28-17(2)11-20(18(28)3)12-21(14-26)24(29)27-15-19-7-5-4-6-8-19/h4-13H,15H2,1-3H3,(H,27,29)/b21-12-. The third-order valence-corrected chi connectivity index (χ3v) is 5.08. The molecule has 0 saturated carbocycles. The number of nitriles is 1. The molecule has 146 valence electrons. The van der Waals surface area contributed by atoms with Crippen LogP contribution in [-0.2, 0) is 11.3 Å². The van der Waals surface area contributed by atoms with Gasteiger partial charge in [0.2, 0.25) is 0 Å². The number of nitrogens with zero attached hydrogens (tertiary/aromatic N) is 2. The largest absolute Gasteiger partial charge is 0.347 e. The maximum atomic E-state index is 12.5. The summed E-state index contributed by atoms with van der Waals surface area (Å²) in [4.78, 5) is 12.5. The molecule has 0 unspecified atom stereocenters. The lowest BCUT2D eigenvalue weighted by Gasteiger charge is -2.13. The van der Waals surface area contributed by atoms with Crippen molar-refractivity contribution < 1.29 is 4.79 Å². The number of rotatable bonds is 5. The highest BCUT2D eigenvalue weighted by atomic mass is 35.5. The average molecular weight is 404 g/mol. The number of amides is 1. The van der Waals surface area contributed by atoms with E-state index < -0.39 is 0 Å². The molecule has 2 aromatic carbocycles. The minimum atomic E-state index is -0.389. The van der Waals surface area contributed by atoms with Crippen molar-refractivity contribution in [3.63, 3.8) is 0 Å². The van der Waals surface area contributed by atoms with Crippen LogP contribution in [0.4, 0.5) is 0 Å². The number of carbonyl (C=O) groups is 1. The van der Waals surface area contributed by atoms with E-state index in [2.05, 4.69) is 9.88 Å². The molecule has 4 nitrogen and oxygen atoms in total. The summed E-state index contributed by atoms with van der Waals surface area (Å²) >= 11 is 6.19. The van der Waals surface area contributed by atoms with E-state index in [-0.39, 0.29) is 11.5 Å². The first-order valence-electron chi connectivity index (χ1n) is 9.30. The highest BCUT2D eigenvalue weighted by molar-refractivity contribution is 6.30. The molecule has 3 aromatic rings. The molecule has 0 atom stereocenters. The number of hydrogen-bond donors (Lipinski definition) is 1. The Kier molecular flexibility index (Phi) is 6.21. The van der Waals surface area contributed by atoms with Crippen molar-refractivity contribution in [2.24, 2.45) is 0 Å².